The zero-order chi connectivity index (χ0) is 10.8. The first-order chi connectivity index (χ1) is 7.92. The van der Waals surface area contributed by atoms with Crippen molar-refractivity contribution in [2.75, 3.05) is 13.2 Å². The smallest absolute Gasteiger partial charge is 0.119 e. The van der Waals surface area contributed by atoms with Gasteiger partial charge in [-0.15, -0.1) is 0 Å². The molecule has 86 valence electrons. The highest BCUT2D eigenvalue weighted by Gasteiger charge is 2.15. The molecular formula is C14H19NO. The van der Waals surface area contributed by atoms with Crippen LogP contribution in [-0.4, -0.2) is 19.2 Å². The molecule has 1 aromatic rings. The molecule has 0 spiro atoms. The molecule has 1 fully saturated rings. The SMILES string of the molecule is c1cc2c(cc1OCC1CCCN1)CCC2. The van der Waals surface area contributed by atoms with Crippen molar-refractivity contribution in [2.45, 2.75) is 38.1 Å². The van der Waals surface area contributed by atoms with E-state index in [1.165, 1.54) is 43.2 Å². The van der Waals surface area contributed by atoms with E-state index < -0.39 is 0 Å². The topological polar surface area (TPSA) is 21.3 Å². The molecule has 3 rings (SSSR count). The number of nitrogens with one attached hydrogen (secondary N) is 1. The van der Waals surface area contributed by atoms with E-state index in [9.17, 15) is 0 Å². The Labute approximate surface area is 97.0 Å². The minimum absolute atomic E-state index is 0.563. The van der Waals surface area contributed by atoms with Crippen LogP contribution in [0.2, 0.25) is 0 Å². The van der Waals surface area contributed by atoms with Gasteiger partial charge in [0.05, 0.1) is 0 Å². The Morgan fingerprint density at radius 3 is 3.00 bits per heavy atom. The Morgan fingerprint density at radius 2 is 2.12 bits per heavy atom. The molecule has 2 aliphatic rings. The molecule has 0 bridgehead atoms. The van der Waals surface area contributed by atoms with Crippen molar-refractivity contribution in [1.82, 2.24) is 5.32 Å². The summed E-state index contributed by atoms with van der Waals surface area (Å²) >= 11 is 0. The average molecular weight is 217 g/mol. The maximum Gasteiger partial charge on any atom is 0.119 e. The quantitative estimate of drug-likeness (QED) is 0.839. The van der Waals surface area contributed by atoms with Gasteiger partial charge in [-0.2, -0.15) is 0 Å². The second kappa shape index (κ2) is 4.46. The van der Waals surface area contributed by atoms with Crippen LogP contribution in [0.3, 0.4) is 0 Å². The standard InChI is InChI=1S/C14H19NO/c1-3-11-6-7-14(9-12(11)4-1)16-10-13-5-2-8-15-13/h6-7,9,13,15H,1-5,8,10H2. The Hall–Kier alpha value is -1.02. The Balaban J connectivity index is 1.61. The zero-order valence-corrected chi connectivity index (χ0v) is 9.67. The molecule has 1 atom stereocenters. The van der Waals surface area contributed by atoms with Crippen molar-refractivity contribution in [2.24, 2.45) is 0 Å². The minimum atomic E-state index is 0.563. The maximum absolute atomic E-state index is 5.85. The van der Waals surface area contributed by atoms with Crippen LogP contribution >= 0.6 is 0 Å². The van der Waals surface area contributed by atoms with Gasteiger partial charge in [-0.05, 0) is 61.9 Å². The number of fused-ring (bicyclic) bond motifs is 1. The first-order valence-corrected chi connectivity index (χ1v) is 6.40. The van der Waals surface area contributed by atoms with Crippen molar-refractivity contribution >= 4 is 0 Å². The van der Waals surface area contributed by atoms with E-state index in [1.807, 2.05) is 0 Å². The summed E-state index contributed by atoms with van der Waals surface area (Å²) in [4.78, 5) is 0. The van der Waals surface area contributed by atoms with Gasteiger partial charge in [-0.3, -0.25) is 0 Å². The first-order valence-electron chi connectivity index (χ1n) is 6.40. The zero-order valence-electron chi connectivity index (χ0n) is 9.67. The molecule has 1 aliphatic carbocycles. The van der Waals surface area contributed by atoms with Gasteiger partial charge < -0.3 is 10.1 Å². The molecule has 2 heteroatoms. The lowest BCUT2D eigenvalue weighted by Gasteiger charge is -2.12. The third-order valence-electron chi connectivity index (χ3n) is 3.68. The van der Waals surface area contributed by atoms with E-state index >= 15 is 0 Å². The summed E-state index contributed by atoms with van der Waals surface area (Å²) in [5, 5.41) is 3.45. The number of rotatable bonds is 3. The summed E-state index contributed by atoms with van der Waals surface area (Å²) in [7, 11) is 0. The predicted molar refractivity (Wildman–Crippen MR) is 65.0 cm³/mol. The van der Waals surface area contributed by atoms with Gasteiger partial charge in [0.25, 0.3) is 0 Å². The van der Waals surface area contributed by atoms with E-state index in [1.54, 1.807) is 0 Å². The van der Waals surface area contributed by atoms with E-state index in [0.29, 0.717) is 6.04 Å². The number of benzene rings is 1. The minimum Gasteiger partial charge on any atom is -0.492 e. The third kappa shape index (κ3) is 2.07. The van der Waals surface area contributed by atoms with Crippen LogP contribution in [0.1, 0.15) is 30.4 Å². The van der Waals surface area contributed by atoms with Crippen LogP contribution in [0, 0.1) is 0 Å². The highest BCUT2D eigenvalue weighted by molar-refractivity contribution is 5.38. The van der Waals surface area contributed by atoms with Gasteiger partial charge in [-0.1, -0.05) is 6.07 Å². The van der Waals surface area contributed by atoms with E-state index in [4.69, 9.17) is 4.74 Å². The molecule has 16 heavy (non-hydrogen) atoms. The lowest BCUT2D eigenvalue weighted by Crippen LogP contribution is -2.28. The fourth-order valence-corrected chi connectivity index (χ4v) is 2.73. The predicted octanol–water partition coefficient (Wildman–Crippen LogP) is 2.31. The first kappa shape index (κ1) is 10.2. The molecular weight excluding hydrogens is 198 g/mol. The average Bonchev–Trinajstić information content (AvgIpc) is 2.97. The number of hydrogen-bond donors (Lipinski definition) is 1. The summed E-state index contributed by atoms with van der Waals surface area (Å²) in [6, 6.07) is 7.16. The summed E-state index contributed by atoms with van der Waals surface area (Å²) in [6.45, 7) is 1.97. The molecule has 0 radical (unpaired) electrons. The normalized spacial score (nSPS) is 23.4. The van der Waals surface area contributed by atoms with Crippen molar-refractivity contribution in [3.8, 4) is 5.75 Å². The molecule has 1 aromatic carbocycles. The van der Waals surface area contributed by atoms with Crippen LogP contribution in [0.25, 0.3) is 0 Å². The summed E-state index contributed by atoms with van der Waals surface area (Å²) in [5.41, 5.74) is 3.02. The second-order valence-electron chi connectivity index (χ2n) is 4.89. The van der Waals surface area contributed by atoms with E-state index in [2.05, 4.69) is 23.5 Å². The number of hydrogen-bond acceptors (Lipinski definition) is 2. The molecule has 1 unspecified atom stereocenters. The van der Waals surface area contributed by atoms with Gasteiger partial charge in [0.15, 0.2) is 0 Å². The molecule has 0 aromatic heterocycles. The molecule has 1 N–H and O–H groups in total. The fourth-order valence-electron chi connectivity index (χ4n) is 2.73. The number of aryl methyl sites for hydroxylation is 2. The largest absolute Gasteiger partial charge is 0.492 e. The maximum atomic E-state index is 5.85. The fraction of sp³-hybridized carbons (Fsp3) is 0.571. The van der Waals surface area contributed by atoms with Crippen molar-refractivity contribution in [1.29, 1.82) is 0 Å². The molecule has 1 aliphatic heterocycles. The van der Waals surface area contributed by atoms with Gasteiger partial charge in [-0.25, -0.2) is 0 Å². The molecule has 0 amide bonds. The number of ether oxygens (including phenoxy) is 1. The molecule has 1 saturated heterocycles. The Bertz CT molecular complexity index is 369. The molecule has 0 saturated carbocycles. The van der Waals surface area contributed by atoms with Gasteiger partial charge in [0, 0.05) is 6.04 Å². The van der Waals surface area contributed by atoms with Crippen molar-refractivity contribution in [3.63, 3.8) is 0 Å². The van der Waals surface area contributed by atoms with Gasteiger partial charge >= 0.3 is 0 Å². The monoisotopic (exact) mass is 217 g/mol. The summed E-state index contributed by atoms with van der Waals surface area (Å²) in [5.74, 6) is 1.05. The Kier molecular flexibility index (Phi) is 2.83. The van der Waals surface area contributed by atoms with Crippen molar-refractivity contribution in [3.05, 3.63) is 29.3 Å². The van der Waals surface area contributed by atoms with Crippen molar-refractivity contribution < 1.29 is 4.74 Å². The van der Waals surface area contributed by atoms with E-state index in [-0.39, 0.29) is 0 Å². The second-order valence-corrected chi connectivity index (χ2v) is 4.89. The lowest BCUT2D eigenvalue weighted by atomic mass is 10.1. The van der Waals surface area contributed by atoms with Crippen LogP contribution < -0.4 is 10.1 Å². The van der Waals surface area contributed by atoms with Crippen LogP contribution in [0.15, 0.2) is 18.2 Å². The van der Waals surface area contributed by atoms with Gasteiger partial charge in [0.1, 0.15) is 12.4 Å². The highest BCUT2D eigenvalue weighted by Crippen LogP contribution is 2.26. The summed E-state index contributed by atoms with van der Waals surface area (Å²) < 4.78 is 5.85. The van der Waals surface area contributed by atoms with E-state index in [0.717, 1.165) is 18.9 Å². The lowest BCUT2D eigenvalue weighted by molar-refractivity contribution is 0.277. The van der Waals surface area contributed by atoms with Crippen LogP contribution in [0.5, 0.6) is 5.75 Å². The van der Waals surface area contributed by atoms with Crippen LogP contribution in [0.4, 0.5) is 0 Å². The molecule has 1 heterocycles. The van der Waals surface area contributed by atoms with Crippen LogP contribution in [-0.2, 0) is 12.8 Å². The summed E-state index contributed by atoms with van der Waals surface area (Å²) in [6.07, 6.45) is 6.33. The molecule has 2 nitrogen and oxygen atoms in total. The Morgan fingerprint density at radius 1 is 1.19 bits per heavy atom. The third-order valence-corrected chi connectivity index (χ3v) is 3.68. The van der Waals surface area contributed by atoms with Gasteiger partial charge in [0.2, 0.25) is 0 Å². The highest BCUT2D eigenvalue weighted by atomic mass is 16.5.